The van der Waals surface area contributed by atoms with Gasteiger partial charge in [0, 0.05) is 25.8 Å². The summed E-state index contributed by atoms with van der Waals surface area (Å²) in [7, 11) is 1.73. The summed E-state index contributed by atoms with van der Waals surface area (Å²) >= 11 is 0. The average molecular weight is 265 g/mol. The van der Waals surface area contributed by atoms with Crippen molar-refractivity contribution < 1.29 is 14.2 Å². The summed E-state index contributed by atoms with van der Waals surface area (Å²) < 4.78 is 16.2. The van der Waals surface area contributed by atoms with Crippen LogP contribution in [0.15, 0.2) is 18.2 Å². The third kappa shape index (κ3) is 3.85. The van der Waals surface area contributed by atoms with Crippen molar-refractivity contribution in [1.82, 2.24) is 5.32 Å². The van der Waals surface area contributed by atoms with Gasteiger partial charge in [0.15, 0.2) is 11.5 Å². The zero-order valence-corrected chi connectivity index (χ0v) is 11.9. The SMILES string of the molecule is COCCC(C)NC(C)c1ccc2c(c1)OCCO2. The van der Waals surface area contributed by atoms with Crippen LogP contribution in [0, 0.1) is 0 Å². The maximum Gasteiger partial charge on any atom is 0.161 e. The van der Waals surface area contributed by atoms with Crippen molar-refractivity contribution >= 4 is 0 Å². The van der Waals surface area contributed by atoms with Crippen molar-refractivity contribution in [3.8, 4) is 11.5 Å². The molecule has 0 amide bonds. The second kappa shape index (κ2) is 6.78. The van der Waals surface area contributed by atoms with Crippen LogP contribution in [0.2, 0.25) is 0 Å². The molecule has 2 unspecified atom stereocenters. The minimum Gasteiger partial charge on any atom is -0.486 e. The molecule has 1 heterocycles. The molecule has 19 heavy (non-hydrogen) atoms. The lowest BCUT2D eigenvalue weighted by molar-refractivity contribution is 0.171. The molecule has 0 spiro atoms. The minimum absolute atomic E-state index is 0.280. The Hall–Kier alpha value is -1.26. The predicted octanol–water partition coefficient (Wildman–Crippen LogP) is 2.53. The van der Waals surface area contributed by atoms with Crippen LogP contribution in [-0.2, 0) is 4.74 Å². The summed E-state index contributed by atoms with van der Waals surface area (Å²) in [6, 6.07) is 6.84. The molecule has 4 nitrogen and oxygen atoms in total. The summed E-state index contributed by atoms with van der Waals surface area (Å²) in [5.74, 6) is 1.69. The van der Waals surface area contributed by atoms with E-state index in [1.807, 2.05) is 6.07 Å². The number of hydrogen-bond donors (Lipinski definition) is 1. The predicted molar refractivity (Wildman–Crippen MR) is 74.9 cm³/mol. The zero-order valence-electron chi connectivity index (χ0n) is 11.9. The Morgan fingerprint density at radius 1 is 1.21 bits per heavy atom. The van der Waals surface area contributed by atoms with Gasteiger partial charge in [-0.1, -0.05) is 6.07 Å². The first-order valence-electron chi connectivity index (χ1n) is 6.85. The van der Waals surface area contributed by atoms with Crippen molar-refractivity contribution in [3.05, 3.63) is 23.8 Å². The first-order valence-corrected chi connectivity index (χ1v) is 6.85. The van der Waals surface area contributed by atoms with Crippen LogP contribution in [-0.4, -0.2) is 33.0 Å². The normalized spacial score (nSPS) is 17.0. The van der Waals surface area contributed by atoms with E-state index in [0.29, 0.717) is 19.3 Å². The summed E-state index contributed by atoms with van der Waals surface area (Å²) in [5.41, 5.74) is 1.22. The first kappa shape index (κ1) is 14.2. The molecule has 1 aliphatic heterocycles. The van der Waals surface area contributed by atoms with E-state index >= 15 is 0 Å². The molecule has 106 valence electrons. The molecule has 0 fully saturated rings. The van der Waals surface area contributed by atoms with E-state index in [0.717, 1.165) is 24.5 Å². The number of hydrogen-bond acceptors (Lipinski definition) is 4. The summed E-state index contributed by atoms with van der Waals surface area (Å²) in [4.78, 5) is 0. The van der Waals surface area contributed by atoms with Gasteiger partial charge in [0.2, 0.25) is 0 Å². The monoisotopic (exact) mass is 265 g/mol. The molecule has 0 saturated carbocycles. The van der Waals surface area contributed by atoms with Crippen LogP contribution in [0.4, 0.5) is 0 Å². The molecule has 0 aromatic heterocycles. The molecule has 1 N–H and O–H groups in total. The van der Waals surface area contributed by atoms with Gasteiger partial charge in [0.05, 0.1) is 0 Å². The van der Waals surface area contributed by atoms with Crippen LogP contribution in [0.25, 0.3) is 0 Å². The fourth-order valence-electron chi connectivity index (χ4n) is 2.23. The number of fused-ring (bicyclic) bond motifs is 1. The Morgan fingerprint density at radius 3 is 2.68 bits per heavy atom. The third-order valence-corrected chi connectivity index (χ3v) is 3.36. The quantitative estimate of drug-likeness (QED) is 0.858. The van der Waals surface area contributed by atoms with Gasteiger partial charge in [-0.25, -0.2) is 0 Å². The molecule has 1 aromatic rings. The highest BCUT2D eigenvalue weighted by Crippen LogP contribution is 2.32. The van der Waals surface area contributed by atoms with Gasteiger partial charge in [0.25, 0.3) is 0 Å². The molecular weight excluding hydrogens is 242 g/mol. The Labute approximate surface area is 115 Å². The summed E-state index contributed by atoms with van der Waals surface area (Å²) in [5, 5.41) is 3.56. The molecule has 0 saturated heterocycles. The molecule has 0 radical (unpaired) electrons. The highest BCUT2D eigenvalue weighted by Gasteiger charge is 2.15. The molecular formula is C15H23NO3. The van der Waals surface area contributed by atoms with Gasteiger partial charge in [-0.3, -0.25) is 0 Å². The molecule has 4 heteroatoms. The fourth-order valence-corrected chi connectivity index (χ4v) is 2.23. The summed E-state index contributed by atoms with van der Waals surface area (Å²) in [6.45, 7) is 6.38. The van der Waals surface area contributed by atoms with E-state index in [2.05, 4.69) is 31.3 Å². The van der Waals surface area contributed by atoms with Gasteiger partial charge in [-0.2, -0.15) is 0 Å². The van der Waals surface area contributed by atoms with Crippen LogP contribution in [0.1, 0.15) is 31.9 Å². The van der Waals surface area contributed by atoms with Crippen LogP contribution >= 0.6 is 0 Å². The molecule has 2 rings (SSSR count). The molecule has 1 aliphatic rings. The second-order valence-electron chi connectivity index (χ2n) is 4.97. The van der Waals surface area contributed by atoms with Crippen molar-refractivity contribution in [2.45, 2.75) is 32.4 Å². The Kier molecular flexibility index (Phi) is 5.05. The maximum atomic E-state index is 5.61. The highest BCUT2D eigenvalue weighted by atomic mass is 16.6. The number of ether oxygens (including phenoxy) is 3. The zero-order chi connectivity index (χ0) is 13.7. The van der Waals surface area contributed by atoms with Crippen molar-refractivity contribution in [3.63, 3.8) is 0 Å². The number of nitrogens with one attached hydrogen (secondary N) is 1. The number of benzene rings is 1. The fraction of sp³-hybridized carbons (Fsp3) is 0.600. The molecule has 0 bridgehead atoms. The molecule has 2 atom stereocenters. The Balaban J connectivity index is 1.97. The van der Waals surface area contributed by atoms with Gasteiger partial charge in [0.1, 0.15) is 13.2 Å². The minimum atomic E-state index is 0.280. The summed E-state index contributed by atoms with van der Waals surface area (Å²) in [6.07, 6.45) is 1.01. The van der Waals surface area contributed by atoms with E-state index in [1.165, 1.54) is 5.56 Å². The lowest BCUT2D eigenvalue weighted by Gasteiger charge is -2.23. The van der Waals surface area contributed by atoms with E-state index in [1.54, 1.807) is 7.11 Å². The average Bonchev–Trinajstić information content (AvgIpc) is 2.44. The van der Waals surface area contributed by atoms with Crippen molar-refractivity contribution in [2.24, 2.45) is 0 Å². The highest BCUT2D eigenvalue weighted by molar-refractivity contribution is 5.44. The van der Waals surface area contributed by atoms with Crippen LogP contribution in [0.3, 0.4) is 0 Å². The van der Waals surface area contributed by atoms with E-state index in [-0.39, 0.29) is 6.04 Å². The second-order valence-corrected chi connectivity index (χ2v) is 4.97. The van der Waals surface area contributed by atoms with Crippen LogP contribution < -0.4 is 14.8 Å². The number of rotatable bonds is 6. The Morgan fingerprint density at radius 2 is 1.95 bits per heavy atom. The van der Waals surface area contributed by atoms with Crippen molar-refractivity contribution in [1.29, 1.82) is 0 Å². The Bertz CT molecular complexity index is 408. The van der Waals surface area contributed by atoms with Gasteiger partial charge in [-0.15, -0.1) is 0 Å². The smallest absolute Gasteiger partial charge is 0.161 e. The first-order chi connectivity index (χ1) is 9.20. The third-order valence-electron chi connectivity index (χ3n) is 3.36. The van der Waals surface area contributed by atoms with Gasteiger partial charge >= 0.3 is 0 Å². The largest absolute Gasteiger partial charge is 0.486 e. The van der Waals surface area contributed by atoms with E-state index in [9.17, 15) is 0 Å². The van der Waals surface area contributed by atoms with Gasteiger partial charge in [-0.05, 0) is 38.0 Å². The maximum absolute atomic E-state index is 5.61. The van der Waals surface area contributed by atoms with Gasteiger partial charge < -0.3 is 19.5 Å². The number of methoxy groups -OCH3 is 1. The van der Waals surface area contributed by atoms with Crippen molar-refractivity contribution in [2.75, 3.05) is 26.9 Å². The van der Waals surface area contributed by atoms with E-state index < -0.39 is 0 Å². The lowest BCUT2D eigenvalue weighted by atomic mass is 10.1. The molecule has 0 aliphatic carbocycles. The van der Waals surface area contributed by atoms with E-state index in [4.69, 9.17) is 14.2 Å². The topological polar surface area (TPSA) is 39.7 Å². The van der Waals surface area contributed by atoms with Crippen LogP contribution in [0.5, 0.6) is 11.5 Å². The molecule has 1 aromatic carbocycles. The lowest BCUT2D eigenvalue weighted by Crippen LogP contribution is -2.30. The standard InChI is InChI=1S/C15H23NO3/c1-11(6-7-17-3)16-12(2)13-4-5-14-15(10-13)19-9-8-18-14/h4-5,10-12,16H,6-9H2,1-3H3.